The Bertz CT molecular complexity index is 477. The molecule has 1 aliphatic rings. The molecular formula is C15H22N2O2. The van der Waals surface area contributed by atoms with Crippen LogP contribution in [0.2, 0.25) is 0 Å². The fraction of sp³-hybridized carbons (Fsp3) is 0.533. The van der Waals surface area contributed by atoms with Crippen LogP contribution >= 0.6 is 0 Å². The number of hydrogen-bond donors (Lipinski definition) is 2. The number of nitrogens with one attached hydrogen (secondary N) is 1. The maximum absolute atomic E-state index is 12.4. The van der Waals surface area contributed by atoms with Crippen LogP contribution in [0.25, 0.3) is 0 Å². The molecule has 0 saturated carbocycles. The highest BCUT2D eigenvalue weighted by atomic mass is 16.3. The van der Waals surface area contributed by atoms with Crippen molar-refractivity contribution in [2.45, 2.75) is 32.2 Å². The zero-order valence-corrected chi connectivity index (χ0v) is 11.9. The van der Waals surface area contributed by atoms with E-state index in [1.54, 1.807) is 18.2 Å². The number of phenolic OH excluding ortho intramolecular Hbond substituents is 1. The first kappa shape index (κ1) is 13.9. The number of aromatic hydroxyl groups is 1. The molecule has 19 heavy (non-hydrogen) atoms. The van der Waals surface area contributed by atoms with E-state index in [0.29, 0.717) is 5.56 Å². The Hall–Kier alpha value is -1.55. The van der Waals surface area contributed by atoms with E-state index < -0.39 is 0 Å². The van der Waals surface area contributed by atoms with Gasteiger partial charge in [0.1, 0.15) is 5.75 Å². The molecule has 1 aliphatic heterocycles. The van der Waals surface area contributed by atoms with Crippen LogP contribution in [-0.2, 0) is 0 Å². The van der Waals surface area contributed by atoms with Gasteiger partial charge in [-0.15, -0.1) is 0 Å². The minimum atomic E-state index is 0.00783. The molecule has 1 aromatic rings. The number of nitrogens with zero attached hydrogens (tertiary/aromatic N) is 1. The average Bonchev–Trinajstić information content (AvgIpc) is 2.42. The predicted molar refractivity (Wildman–Crippen MR) is 75.4 cm³/mol. The molecule has 0 bridgehead atoms. The van der Waals surface area contributed by atoms with Gasteiger partial charge in [-0.25, -0.2) is 0 Å². The van der Waals surface area contributed by atoms with Crippen molar-refractivity contribution >= 4 is 5.91 Å². The van der Waals surface area contributed by atoms with Gasteiger partial charge in [0.15, 0.2) is 0 Å². The second-order valence-electron chi connectivity index (χ2n) is 5.60. The fourth-order valence-electron chi connectivity index (χ4n) is 2.38. The summed E-state index contributed by atoms with van der Waals surface area (Å²) in [5.41, 5.74) is 1.49. The Morgan fingerprint density at radius 2 is 2.00 bits per heavy atom. The van der Waals surface area contributed by atoms with Crippen LogP contribution in [0.1, 0.15) is 35.7 Å². The van der Waals surface area contributed by atoms with Gasteiger partial charge in [0.25, 0.3) is 5.91 Å². The second-order valence-corrected chi connectivity index (χ2v) is 5.60. The number of phenols is 1. The van der Waals surface area contributed by atoms with E-state index in [9.17, 15) is 9.90 Å². The highest BCUT2D eigenvalue weighted by molar-refractivity contribution is 5.94. The lowest BCUT2D eigenvalue weighted by molar-refractivity contribution is 0.0661. The van der Waals surface area contributed by atoms with E-state index in [1.165, 1.54) is 0 Å². The smallest absolute Gasteiger partial charge is 0.253 e. The summed E-state index contributed by atoms with van der Waals surface area (Å²) in [6, 6.07) is 5.12. The topological polar surface area (TPSA) is 52.6 Å². The van der Waals surface area contributed by atoms with E-state index in [2.05, 4.69) is 12.2 Å². The third kappa shape index (κ3) is 2.89. The number of piperidine rings is 1. The molecule has 104 valence electrons. The normalized spacial score (nSPS) is 18.4. The molecule has 0 radical (unpaired) electrons. The van der Waals surface area contributed by atoms with Crippen LogP contribution in [0, 0.1) is 6.92 Å². The second kappa shape index (κ2) is 5.21. The Labute approximate surface area is 114 Å². The van der Waals surface area contributed by atoms with Crippen molar-refractivity contribution in [1.29, 1.82) is 0 Å². The van der Waals surface area contributed by atoms with Crippen molar-refractivity contribution in [3.05, 3.63) is 29.3 Å². The van der Waals surface area contributed by atoms with Crippen molar-refractivity contribution in [1.82, 2.24) is 10.2 Å². The van der Waals surface area contributed by atoms with Crippen LogP contribution in [0.3, 0.4) is 0 Å². The molecule has 0 unspecified atom stereocenters. The van der Waals surface area contributed by atoms with Crippen LogP contribution in [0.15, 0.2) is 18.2 Å². The minimum Gasteiger partial charge on any atom is -0.508 e. The van der Waals surface area contributed by atoms with E-state index in [0.717, 1.165) is 31.5 Å². The molecular weight excluding hydrogens is 240 g/mol. The molecule has 2 N–H and O–H groups in total. The Balaban J connectivity index is 2.07. The first-order valence-corrected chi connectivity index (χ1v) is 6.73. The fourth-order valence-corrected chi connectivity index (χ4v) is 2.38. The summed E-state index contributed by atoms with van der Waals surface area (Å²) in [5.74, 6) is 0.191. The monoisotopic (exact) mass is 262 g/mol. The molecule has 0 atom stereocenters. The third-order valence-corrected chi connectivity index (χ3v) is 4.21. The van der Waals surface area contributed by atoms with Gasteiger partial charge in [0.05, 0.1) is 0 Å². The van der Waals surface area contributed by atoms with Crippen LogP contribution in [0.4, 0.5) is 0 Å². The van der Waals surface area contributed by atoms with Gasteiger partial charge in [-0.1, -0.05) is 6.07 Å². The lowest BCUT2D eigenvalue weighted by Crippen LogP contribution is -2.51. The summed E-state index contributed by atoms with van der Waals surface area (Å²) < 4.78 is 0. The Morgan fingerprint density at radius 3 is 2.53 bits per heavy atom. The molecule has 2 rings (SSSR count). The van der Waals surface area contributed by atoms with E-state index in [1.807, 2.05) is 18.9 Å². The van der Waals surface area contributed by atoms with Gasteiger partial charge in [-0.2, -0.15) is 0 Å². The quantitative estimate of drug-likeness (QED) is 0.856. The first-order valence-electron chi connectivity index (χ1n) is 6.73. The molecule has 4 heteroatoms. The number of rotatable bonds is 2. The van der Waals surface area contributed by atoms with Gasteiger partial charge in [-0.3, -0.25) is 4.79 Å². The van der Waals surface area contributed by atoms with Crippen molar-refractivity contribution in [2.75, 3.05) is 20.1 Å². The number of benzene rings is 1. The SMILES string of the molecule is CNC1(C)CCN(C(=O)c2ccc(C)c(O)c2)CC1. The standard InChI is InChI=1S/C15H22N2O2/c1-11-4-5-12(10-13(11)18)14(19)17-8-6-15(2,16-3)7-9-17/h4-5,10,16,18H,6-9H2,1-3H3. The summed E-state index contributed by atoms with van der Waals surface area (Å²) in [5, 5.41) is 13.0. The van der Waals surface area contributed by atoms with Crippen molar-refractivity contribution < 1.29 is 9.90 Å². The van der Waals surface area contributed by atoms with Gasteiger partial charge < -0.3 is 15.3 Å². The average molecular weight is 262 g/mol. The molecule has 1 amide bonds. The number of carbonyl (C=O) groups is 1. The highest BCUT2D eigenvalue weighted by Crippen LogP contribution is 2.24. The van der Waals surface area contributed by atoms with Gasteiger partial charge >= 0.3 is 0 Å². The zero-order valence-electron chi connectivity index (χ0n) is 11.9. The van der Waals surface area contributed by atoms with Crippen molar-refractivity contribution in [2.24, 2.45) is 0 Å². The molecule has 0 spiro atoms. The largest absolute Gasteiger partial charge is 0.508 e. The molecule has 0 aromatic heterocycles. The minimum absolute atomic E-state index is 0.00783. The summed E-state index contributed by atoms with van der Waals surface area (Å²) in [6.45, 7) is 5.52. The molecule has 1 fully saturated rings. The summed E-state index contributed by atoms with van der Waals surface area (Å²) in [4.78, 5) is 14.2. The predicted octanol–water partition coefficient (Wildman–Crippen LogP) is 1.91. The molecule has 1 aromatic carbocycles. The molecule has 1 heterocycles. The number of amides is 1. The zero-order chi connectivity index (χ0) is 14.0. The lowest BCUT2D eigenvalue weighted by Gasteiger charge is -2.39. The van der Waals surface area contributed by atoms with Gasteiger partial charge in [-0.05, 0) is 51.4 Å². The van der Waals surface area contributed by atoms with Crippen LogP contribution in [0.5, 0.6) is 5.75 Å². The van der Waals surface area contributed by atoms with Crippen LogP contribution in [-0.4, -0.2) is 41.6 Å². The summed E-state index contributed by atoms with van der Waals surface area (Å²) >= 11 is 0. The maximum atomic E-state index is 12.4. The maximum Gasteiger partial charge on any atom is 0.253 e. The van der Waals surface area contributed by atoms with E-state index >= 15 is 0 Å². The number of likely N-dealkylation sites (tertiary alicyclic amines) is 1. The number of hydrogen-bond acceptors (Lipinski definition) is 3. The Kier molecular flexibility index (Phi) is 3.80. The van der Waals surface area contributed by atoms with Crippen molar-refractivity contribution in [3.63, 3.8) is 0 Å². The van der Waals surface area contributed by atoms with Gasteiger partial charge in [0.2, 0.25) is 0 Å². The van der Waals surface area contributed by atoms with Crippen LogP contribution < -0.4 is 5.32 Å². The first-order chi connectivity index (χ1) is 8.95. The molecule has 0 aliphatic carbocycles. The lowest BCUT2D eigenvalue weighted by atomic mass is 9.89. The number of aryl methyl sites for hydroxylation is 1. The van der Waals surface area contributed by atoms with E-state index in [4.69, 9.17) is 0 Å². The van der Waals surface area contributed by atoms with Gasteiger partial charge in [0, 0.05) is 24.2 Å². The van der Waals surface area contributed by atoms with E-state index in [-0.39, 0.29) is 17.2 Å². The summed E-state index contributed by atoms with van der Waals surface area (Å²) in [7, 11) is 1.97. The van der Waals surface area contributed by atoms with Crippen molar-refractivity contribution in [3.8, 4) is 5.75 Å². The molecule has 4 nitrogen and oxygen atoms in total. The third-order valence-electron chi connectivity index (χ3n) is 4.21. The Morgan fingerprint density at radius 1 is 1.37 bits per heavy atom. The molecule has 1 saturated heterocycles. The summed E-state index contributed by atoms with van der Waals surface area (Å²) in [6.07, 6.45) is 1.90. The highest BCUT2D eigenvalue weighted by Gasteiger charge is 2.30. The number of carbonyl (C=O) groups excluding carboxylic acids is 1.